The Morgan fingerprint density at radius 1 is 1.38 bits per heavy atom. The second kappa shape index (κ2) is 7.85. The van der Waals surface area contributed by atoms with Gasteiger partial charge in [-0.15, -0.1) is 0 Å². The van der Waals surface area contributed by atoms with Gasteiger partial charge in [-0.3, -0.25) is 0 Å². The third kappa shape index (κ3) is 11.7. The summed E-state index contributed by atoms with van der Waals surface area (Å²) in [7, 11) is -2.80. The lowest BCUT2D eigenvalue weighted by molar-refractivity contribution is 0.593. The van der Waals surface area contributed by atoms with Gasteiger partial charge in [0.25, 0.3) is 0 Å². The topological polar surface area (TPSA) is 46.2 Å². The Hall–Kier alpha value is -0.350. The van der Waals surface area contributed by atoms with E-state index >= 15 is 0 Å². The Balaban J connectivity index is 3.64. The molecule has 0 saturated carbocycles. The zero-order valence-electron chi connectivity index (χ0n) is 10.9. The number of hydrogen-bond acceptors (Lipinski definition) is 3. The summed E-state index contributed by atoms with van der Waals surface area (Å²) in [6, 6.07) is 0.527. The van der Waals surface area contributed by atoms with Gasteiger partial charge in [-0.1, -0.05) is 25.5 Å². The van der Waals surface area contributed by atoms with E-state index in [1.54, 1.807) is 0 Å². The molecule has 0 aliphatic rings. The smallest absolute Gasteiger partial charge is 0.147 e. The Morgan fingerprint density at radius 3 is 2.50 bits per heavy atom. The van der Waals surface area contributed by atoms with Gasteiger partial charge in [-0.25, -0.2) is 8.42 Å². The van der Waals surface area contributed by atoms with E-state index in [0.717, 1.165) is 25.8 Å². The van der Waals surface area contributed by atoms with Crippen LogP contribution in [0.3, 0.4) is 0 Å². The molecule has 0 atom stereocenters. The maximum atomic E-state index is 10.9. The Morgan fingerprint density at radius 2 is 2.00 bits per heavy atom. The number of hydrogen-bond donors (Lipinski definition) is 1. The maximum Gasteiger partial charge on any atom is 0.147 e. The normalized spacial score (nSPS) is 13.4. The summed E-state index contributed by atoms with van der Waals surface area (Å²) in [5.41, 5.74) is 1.29. The van der Waals surface area contributed by atoms with Crippen LogP contribution in [-0.4, -0.2) is 33.0 Å². The number of sulfone groups is 1. The summed E-state index contributed by atoms with van der Waals surface area (Å²) in [6.45, 7) is 7.31. The van der Waals surface area contributed by atoms with Crippen LogP contribution in [0.1, 0.15) is 40.0 Å². The lowest BCUT2D eigenvalue weighted by Crippen LogP contribution is -2.23. The average Bonchev–Trinajstić information content (AvgIpc) is 2.10. The summed E-state index contributed by atoms with van der Waals surface area (Å²) in [5, 5.41) is 3.34. The van der Waals surface area contributed by atoms with E-state index in [-0.39, 0.29) is 0 Å². The predicted octanol–water partition coefficient (Wildman–Crippen LogP) is 2.15. The highest BCUT2D eigenvalue weighted by Crippen LogP contribution is 2.06. The van der Waals surface area contributed by atoms with Gasteiger partial charge in [0.15, 0.2) is 0 Å². The SMILES string of the molecule is CC(=CCCNC(C)C)CCCS(C)(=O)=O. The fourth-order valence-corrected chi connectivity index (χ4v) is 2.07. The zero-order chi connectivity index (χ0) is 12.6. The van der Waals surface area contributed by atoms with Crippen molar-refractivity contribution in [3.63, 3.8) is 0 Å². The van der Waals surface area contributed by atoms with Crippen molar-refractivity contribution in [2.24, 2.45) is 0 Å². The van der Waals surface area contributed by atoms with E-state index in [0.29, 0.717) is 11.8 Å². The second-order valence-electron chi connectivity index (χ2n) is 4.68. The molecule has 0 radical (unpaired) electrons. The first-order valence-corrected chi connectivity index (χ1v) is 7.94. The molecule has 0 rings (SSSR count). The van der Waals surface area contributed by atoms with Gasteiger partial charge in [-0.2, -0.15) is 0 Å². The minimum absolute atomic E-state index is 0.294. The maximum absolute atomic E-state index is 10.9. The zero-order valence-corrected chi connectivity index (χ0v) is 11.7. The largest absolute Gasteiger partial charge is 0.314 e. The van der Waals surface area contributed by atoms with Crippen LogP contribution in [0.5, 0.6) is 0 Å². The molecule has 0 aromatic rings. The molecule has 1 N–H and O–H groups in total. The highest BCUT2D eigenvalue weighted by Gasteiger charge is 2.01. The first-order chi connectivity index (χ1) is 7.31. The fraction of sp³-hybridized carbons (Fsp3) is 0.833. The summed E-state index contributed by atoms with van der Waals surface area (Å²) >= 11 is 0. The van der Waals surface area contributed by atoms with E-state index in [1.165, 1.54) is 11.8 Å². The number of nitrogens with one attached hydrogen (secondary N) is 1. The molecule has 0 aliphatic heterocycles. The van der Waals surface area contributed by atoms with Crippen LogP contribution < -0.4 is 5.32 Å². The van der Waals surface area contributed by atoms with Gasteiger partial charge in [0.1, 0.15) is 9.84 Å². The first kappa shape index (κ1) is 15.7. The molecule has 0 bridgehead atoms. The first-order valence-electron chi connectivity index (χ1n) is 5.88. The molecule has 0 fully saturated rings. The van der Waals surface area contributed by atoms with Gasteiger partial charge in [0.2, 0.25) is 0 Å². The molecule has 0 saturated heterocycles. The standard InChI is InChI=1S/C12H25NO2S/c1-11(2)13-9-5-7-12(3)8-6-10-16(4,14)15/h7,11,13H,5-6,8-10H2,1-4H3. The lowest BCUT2D eigenvalue weighted by Gasteiger charge is -2.06. The molecule has 16 heavy (non-hydrogen) atoms. The van der Waals surface area contributed by atoms with Crippen molar-refractivity contribution in [2.45, 2.75) is 46.1 Å². The quantitative estimate of drug-likeness (QED) is 0.528. The number of allylic oxidation sites excluding steroid dienone is 1. The van der Waals surface area contributed by atoms with Gasteiger partial charge in [0, 0.05) is 12.3 Å². The molecule has 0 aliphatic carbocycles. The van der Waals surface area contributed by atoms with Gasteiger partial charge in [-0.05, 0) is 32.7 Å². The van der Waals surface area contributed by atoms with Gasteiger partial charge < -0.3 is 5.32 Å². The Labute approximate surface area is 100 Å². The van der Waals surface area contributed by atoms with Crippen LogP contribution in [0, 0.1) is 0 Å². The Kier molecular flexibility index (Phi) is 7.68. The predicted molar refractivity (Wildman–Crippen MR) is 70.5 cm³/mol. The molecular weight excluding hydrogens is 222 g/mol. The highest BCUT2D eigenvalue weighted by atomic mass is 32.2. The van der Waals surface area contributed by atoms with Crippen LogP contribution in [0.15, 0.2) is 11.6 Å². The molecule has 0 aromatic carbocycles. The molecule has 96 valence electrons. The number of rotatable bonds is 8. The third-order valence-corrected chi connectivity index (χ3v) is 3.31. The van der Waals surface area contributed by atoms with Crippen LogP contribution in [0.4, 0.5) is 0 Å². The van der Waals surface area contributed by atoms with E-state index in [9.17, 15) is 8.42 Å². The van der Waals surface area contributed by atoms with E-state index in [4.69, 9.17) is 0 Å². The second-order valence-corrected chi connectivity index (χ2v) is 6.94. The summed E-state index contributed by atoms with van der Waals surface area (Å²) in [6.07, 6.45) is 6.12. The van der Waals surface area contributed by atoms with Crippen molar-refractivity contribution in [1.82, 2.24) is 5.32 Å². The van der Waals surface area contributed by atoms with E-state index < -0.39 is 9.84 Å². The van der Waals surface area contributed by atoms with E-state index in [1.807, 2.05) is 0 Å². The minimum Gasteiger partial charge on any atom is -0.314 e. The van der Waals surface area contributed by atoms with Crippen LogP contribution in [-0.2, 0) is 9.84 Å². The molecular formula is C12H25NO2S. The molecule has 3 nitrogen and oxygen atoms in total. The third-order valence-electron chi connectivity index (χ3n) is 2.28. The summed E-state index contributed by atoms with van der Waals surface area (Å²) in [4.78, 5) is 0. The summed E-state index contributed by atoms with van der Waals surface area (Å²) in [5.74, 6) is 0.294. The van der Waals surface area contributed by atoms with Crippen molar-refractivity contribution in [3.8, 4) is 0 Å². The Bertz CT molecular complexity index is 305. The molecule has 0 spiro atoms. The van der Waals surface area contributed by atoms with Crippen molar-refractivity contribution in [2.75, 3.05) is 18.6 Å². The fourth-order valence-electron chi connectivity index (χ4n) is 1.41. The molecule has 0 unspecified atom stereocenters. The van der Waals surface area contributed by atoms with Crippen molar-refractivity contribution in [1.29, 1.82) is 0 Å². The van der Waals surface area contributed by atoms with Gasteiger partial charge >= 0.3 is 0 Å². The van der Waals surface area contributed by atoms with Crippen molar-refractivity contribution < 1.29 is 8.42 Å². The minimum atomic E-state index is -2.80. The highest BCUT2D eigenvalue weighted by molar-refractivity contribution is 7.90. The molecule has 0 amide bonds. The van der Waals surface area contributed by atoms with Crippen molar-refractivity contribution >= 4 is 9.84 Å². The summed E-state index contributed by atoms with van der Waals surface area (Å²) < 4.78 is 21.8. The van der Waals surface area contributed by atoms with Crippen LogP contribution in [0.2, 0.25) is 0 Å². The molecule has 0 heterocycles. The lowest BCUT2D eigenvalue weighted by atomic mass is 10.1. The van der Waals surface area contributed by atoms with Crippen LogP contribution >= 0.6 is 0 Å². The van der Waals surface area contributed by atoms with Crippen LogP contribution in [0.25, 0.3) is 0 Å². The monoisotopic (exact) mass is 247 g/mol. The molecule has 0 aromatic heterocycles. The molecule has 4 heteroatoms. The average molecular weight is 247 g/mol. The van der Waals surface area contributed by atoms with Gasteiger partial charge in [0.05, 0.1) is 5.75 Å². The van der Waals surface area contributed by atoms with E-state index in [2.05, 4.69) is 32.2 Å². The van der Waals surface area contributed by atoms with Crippen molar-refractivity contribution in [3.05, 3.63) is 11.6 Å².